The molecule has 0 atom stereocenters. The number of aromatic nitrogens is 2. The molecule has 0 radical (unpaired) electrons. The maximum absolute atomic E-state index is 11.8. The minimum absolute atomic E-state index is 0.0985. The van der Waals surface area contributed by atoms with E-state index in [1.807, 2.05) is 0 Å². The summed E-state index contributed by atoms with van der Waals surface area (Å²) in [6.07, 6.45) is 4.00. The molecular formula is C16H11ClN2O4. The Kier molecular flexibility index (Phi) is 4.25. The molecule has 0 unspecified atom stereocenters. The molecule has 23 heavy (non-hydrogen) atoms. The highest BCUT2D eigenvalue weighted by Gasteiger charge is 2.12. The summed E-state index contributed by atoms with van der Waals surface area (Å²) in [7, 11) is 0. The summed E-state index contributed by atoms with van der Waals surface area (Å²) in [6, 6.07) is 9.86. The second-order valence-corrected chi connectivity index (χ2v) is 5.08. The predicted octanol–water partition coefficient (Wildman–Crippen LogP) is 2.99. The number of benzene rings is 1. The van der Waals surface area contributed by atoms with Crippen molar-refractivity contribution < 1.29 is 18.7 Å². The van der Waals surface area contributed by atoms with Crippen molar-refractivity contribution in [3.8, 4) is 11.3 Å². The van der Waals surface area contributed by atoms with Crippen LogP contribution in [0.2, 0.25) is 5.02 Å². The zero-order valence-corrected chi connectivity index (χ0v) is 12.6. The van der Waals surface area contributed by atoms with Gasteiger partial charge in [-0.25, -0.2) is 9.78 Å². The molecule has 6 nitrogen and oxygen atoms in total. The molecule has 116 valence electrons. The van der Waals surface area contributed by atoms with Crippen LogP contribution >= 0.6 is 11.6 Å². The van der Waals surface area contributed by atoms with Crippen molar-refractivity contribution in [1.82, 2.24) is 4.98 Å². The number of nitrogens with zero attached hydrogens (tertiary/aromatic N) is 2. The van der Waals surface area contributed by atoms with E-state index in [1.165, 1.54) is 24.5 Å². The quantitative estimate of drug-likeness (QED) is 0.417. The second-order valence-electron chi connectivity index (χ2n) is 4.65. The Labute approximate surface area is 136 Å². The molecule has 0 saturated heterocycles. The third-order valence-corrected chi connectivity index (χ3v) is 3.30. The lowest BCUT2D eigenvalue weighted by atomic mass is 10.2. The summed E-state index contributed by atoms with van der Waals surface area (Å²) in [4.78, 5) is 15.9. The summed E-state index contributed by atoms with van der Waals surface area (Å²) in [5, 5.41) is 11.5. The van der Waals surface area contributed by atoms with Crippen molar-refractivity contribution in [2.45, 2.75) is 6.61 Å². The Morgan fingerprint density at radius 2 is 1.91 bits per heavy atom. The van der Waals surface area contributed by atoms with Crippen molar-refractivity contribution >= 4 is 17.6 Å². The monoisotopic (exact) mass is 330 g/mol. The smallest absolute Gasteiger partial charge is 0.339 e. The van der Waals surface area contributed by atoms with E-state index >= 15 is 0 Å². The van der Waals surface area contributed by atoms with Gasteiger partial charge in [0.25, 0.3) is 0 Å². The number of oxazole rings is 1. The number of hydrogen-bond donors (Lipinski definition) is 0. The maximum Gasteiger partial charge on any atom is 0.339 e. The largest absolute Gasteiger partial charge is 0.619 e. The minimum atomic E-state index is -0.558. The molecule has 7 heteroatoms. The normalized spacial score (nSPS) is 10.5. The zero-order valence-electron chi connectivity index (χ0n) is 11.8. The molecular weight excluding hydrogens is 320 g/mol. The topological polar surface area (TPSA) is 79.3 Å². The molecule has 0 aliphatic carbocycles. The van der Waals surface area contributed by atoms with Crippen LogP contribution in [0.15, 0.2) is 59.4 Å². The van der Waals surface area contributed by atoms with Gasteiger partial charge in [-0.3, -0.25) is 0 Å². The highest BCUT2D eigenvalue weighted by molar-refractivity contribution is 6.30. The SMILES string of the molecule is O=C(OCc1ncc(-c2ccc(Cl)cc2)o1)c1cc[n+]([O-])cc1. The summed E-state index contributed by atoms with van der Waals surface area (Å²) < 4.78 is 11.2. The summed E-state index contributed by atoms with van der Waals surface area (Å²) in [5.74, 6) is 0.273. The van der Waals surface area contributed by atoms with Crippen LogP contribution in [0.25, 0.3) is 11.3 Å². The van der Waals surface area contributed by atoms with Gasteiger partial charge in [-0.15, -0.1) is 0 Å². The number of ether oxygens (including phenoxy) is 1. The summed E-state index contributed by atoms with van der Waals surface area (Å²) in [6.45, 7) is -0.0985. The molecule has 0 saturated carbocycles. The van der Waals surface area contributed by atoms with Crippen LogP contribution in [0.1, 0.15) is 16.2 Å². The van der Waals surface area contributed by atoms with Crippen molar-refractivity contribution in [3.63, 3.8) is 0 Å². The third-order valence-electron chi connectivity index (χ3n) is 3.05. The first-order chi connectivity index (χ1) is 11.1. The van der Waals surface area contributed by atoms with Crippen molar-refractivity contribution in [3.05, 3.63) is 76.7 Å². The number of hydrogen-bond acceptors (Lipinski definition) is 5. The molecule has 0 bridgehead atoms. The molecule has 0 fully saturated rings. The van der Waals surface area contributed by atoms with E-state index in [-0.39, 0.29) is 18.1 Å². The second kappa shape index (κ2) is 6.50. The fourth-order valence-electron chi connectivity index (χ4n) is 1.88. The molecule has 0 spiro atoms. The van der Waals surface area contributed by atoms with Crippen LogP contribution in [-0.2, 0) is 11.3 Å². The van der Waals surface area contributed by atoms with E-state index < -0.39 is 5.97 Å². The number of esters is 1. The lowest BCUT2D eigenvalue weighted by Gasteiger charge is -2.02. The summed E-state index contributed by atoms with van der Waals surface area (Å²) in [5.41, 5.74) is 1.10. The number of rotatable bonds is 4. The van der Waals surface area contributed by atoms with Crippen molar-refractivity contribution in [2.24, 2.45) is 0 Å². The van der Waals surface area contributed by atoms with Gasteiger partial charge < -0.3 is 14.4 Å². The third kappa shape index (κ3) is 3.67. The standard InChI is InChI=1S/C16H11ClN2O4/c17-13-3-1-11(2-4-13)14-9-18-15(23-14)10-22-16(20)12-5-7-19(21)8-6-12/h1-9H,10H2. The lowest BCUT2D eigenvalue weighted by molar-refractivity contribution is -0.605. The maximum atomic E-state index is 11.8. The van der Waals surface area contributed by atoms with E-state index in [9.17, 15) is 10.0 Å². The Morgan fingerprint density at radius 1 is 1.22 bits per heavy atom. The average Bonchev–Trinajstić information content (AvgIpc) is 3.03. The zero-order chi connectivity index (χ0) is 16.2. The number of carbonyl (C=O) groups excluding carboxylic acids is 1. The molecule has 2 heterocycles. The Bertz CT molecular complexity index is 813. The van der Waals surface area contributed by atoms with Crippen molar-refractivity contribution in [1.29, 1.82) is 0 Å². The van der Waals surface area contributed by atoms with Crippen LogP contribution < -0.4 is 4.73 Å². The molecule has 3 aromatic rings. The van der Waals surface area contributed by atoms with Gasteiger partial charge in [-0.1, -0.05) is 11.6 Å². The van der Waals surface area contributed by atoms with Crippen LogP contribution in [0.5, 0.6) is 0 Å². The number of pyridine rings is 1. The van der Waals surface area contributed by atoms with Crippen LogP contribution in [0.3, 0.4) is 0 Å². The van der Waals surface area contributed by atoms with Crippen LogP contribution in [0, 0.1) is 5.21 Å². The Morgan fingerprint density at radius 3 is 2.61 bits per heavy atom. The van der Waals surface area contributed by atoms with Gasteiger partial charge in [0, 0.05) is 22.7 Å². The first kappa shape index (κ1) is 15.1. The van der Waals surface area contributed by atoms with Gasteiger partial charge in [0.05, 0.1) is 11.8 Å². The number of halogens is 1. The fourth-order valence-corrected chi connectivity index (χ4v) is 2.01. The van der Waals surface area contributed by atoms with Gasteiger partial charge in [0.2, 0.25) is 5.89 Å². The minimum Gasteiger partial charge on any atom is -0.619 e. The van der Waals surface area contributed by atoms with Gasteiger partial charge in [0.1, 0.15) is 0 Å². The molecule has 0 aliphatic rings. The first-order valence-corrected chi connectivity index (χ1v) is 7.06. The highest BCUT2D eigenvalue weighted by Crippen LogP contribution is 2.22. The van der Waals surface area contributed by atoms with E-state index in [2.05, 4.69) is 4.98 Å². The predicted molar refractivity (Wildman–Crippen MR) is 81.5 cm³/mol. The highest BCUT2D eigenvalue weighted by atomic mass is 35.5. The molecule has 3 rings (SSSR count). The molecule has 1 aromatic carbocycles. The molecule has 0 amide bonds. The number of carbonyl (C=O) groups is 1. The Hall–Kier alpha value is -2.86. The van der Waals surface area contributed by atoms with Gasteiger partial charge >= 0.3 is 5.97 Å². The summed E-state index contributed by atoms with van der Waals surface area (Å²) >= 11 is 5.83. The molecule has 0 aliphatic heterocycles. The Balaban J connectivity index is 1.64. The first-order valence-electron chi connectivity index (χ1n) is 6.68. The van der Waals surface area contributed by atoms with E-state index in [1.54, 1.807) is 30.5 Å². The fraction of sp³-hybridized carbons (Fsp3) is 0.0625. The molecule has 2 aromatic heterocycles. The van der Waals surface area contributed by atoms with Crippen molar-refractivity contribution in [2.75, 3.05) is 0 Å². The average molecular weight is 331 g/mol. The van der Waals surface area contributed by atoms with Gasteiger partial charge in [0.15, 0.2) is 24.8 Å². The van der Waals surface area contributed by atoms with Crippen LogP contribution in [-0.4, -0.2) is 11.0 Å². The van der Waals surface area contributed by atoms with Gasteiger partial charge in [-0.2, -0.15) is 4.73 Å². The molecule has 0 N–H and O–H groups in total. The van der Waals surface area contributed by atoms with E-state index in [0.717, 1.165) is 5.56 Å². The van der Waals surface area contributed by atoms with E-state index in [0.29, 0.717) is 15.5 Å². The van der Waals surface area contributed by atoms with Gasteiger partial charge in [-0.05, 0) is 24.3 Å². The lowest BCUT2D eigenvalue weighted by Crippen LogP contribution is -2.24. The van der Waals surface area contributed by atoms with E-state index in [4.69, 9.17) is 20.8 Å². The van der Waals surface area contributed by atoms with Crippen LogP contribution in [0.4, 0.5) is 0 Å².